The Hall–Kier alpha value is -2.86. The fraction of sp³-hybridized carbons (Fsp3) is 0.367. The van der Waals surface area contributed by atoms with E-state index in [0.29, 0.717) is 10.5 Å². The first kappa shape index (κ1) is 24.8. The molecular weight excluding hydrogens is 479 g/mol. The molecular formula is C30H30F3NOS. The highest BCUT2D eigenvalue weighted by molar-refractivity contribution is 7.20. The van der Waals surface area contributed by atoms with Gasteiger partial charge < -0.3 is 4.42 Å². The molecule has 0 saturated heterocycles. The second-order valence-corrected chi connectivity index (χ2v) is 12.5. The number of fused-ring (bicyclic) bond motifs is 4. The molecule has 0 saturated carbocycles. The summed E-state index contributed by atoms with van der Waals surface area (Å²) in [5.41, 5.74) is 3.24. The van der Waals surface area contributed by atoms with Crippen molar-refractivity contribution < 1.29 is 17.6 Å². The van der Waals surface area contributed by atoms with Gasteiger partial charge in [-0.05, 0) is 59.7 Å². The standard InChI is InChI=1S/C30H30F3NOS/c1-16-12-22-26(35-16)24-17(2)23(15-29(6,7)30(31,32)33)36-27(24)25(34-22)19-13-18-10-8-9-11-20(18)21(14-19)28(3,4)5/h8-14H,15H2,1-7H3. The van der Waals surface area contributed by atoms with Gasteiger partial charge in [0.1, 0.15) is 11.3 Å². The first-order chi connectivity index (χ1) is 16.7. The summed E-state index contributed by atoms with van der Waals surface area (Å²) in [7, 11) is 0. The maximum Gasteiger partial charge on any atom is 0.394 e. The second kappa shape index (κ2) is 8.07. The van der Waals surface area contributed by atoms with E-state index in [1.54, 1.807) is 0 Å². The average molecular weight is 510 g/mol. The number of nitrogens with zero attached hydrogens (tertiary/aromatic N) is 1. The van der Waals surface area contributed by atoms with Crippen LogP contribution in [-0.2, 0) is 11.8 Å². The molecule has 0 amide bonds. The van der Waals surface area contributed by atoms with E-state index >= 15 is 0 Å². The zero-order valence-corrected chi connectivity index (χ0v) is 22.5. The highest BCUT2D eigenvalue weighted by Crippen LogP contribution is 2.47. The molecule has 0 atom stereocenters. The van der Waals surface area contributed by atoms with Gasteiger partial charge in [0, 0.05) is 21.9 Å². The molecule has 0 aliphatic carbocycles. The lowest BCUT2D eigenvalue weighted by Gasteiger charge is -2.27. The van der Waals surface area contributed by atoms with Crippen LogP contribution >= 0.6 is 11.3 Å². The predicted molar refractivity (Wildman–Crippen MR) is 144 cm³/mol. The van der Waals surface area contributed by atoms with Gasteiger partial charge >= 0.3 is 6.18 Å². The van der Waals surface area contributed by atoms with Crippen LogP contribution in [-0.4, -0.2) is 11.2 Å². The Balaban J connectivity index is 1.84. The van der Waals surface area contributed by atoms with Gasteiger partial charge in [-0.25, -0.2) is 4.98 Å². The van der Waals surface area contributed by atoms with Crippen LogP contribution in [0.3, 0.4) is 0 Å². The number of alkyl halides is 3. The molecule has 2 aromatic carbocycles. The molecule has 0 aliphatic rings. The molecule has 6 heteroatoms. The van der Waals surface area contributed by atoms with Crippen LogP contribution in [0.15, 0.2) is 46.9 Å². The molecule has 2 nitrogen and oxygen atoms in total. The second-order valence-electron chi connectivity index (χ2n) is 11.4. The van der Waals surface area contributed by atoms with Crippen LogP contribution in [0, 0.1) is 19.3 Å². The molecule has 5 aromatic rings. The fourth-order valence-corrected chi connectivity index (χ4v) is 6.41. The third kappa shape index (κ3) is 4.00. The number of thiophene rings is 1. The van der Waals surface area contributed by atoms with Crippen LogP contribution in [0.2, 0.25) is 0 Å². The van der Waals surface area contributed by atoms with Crippen LogP contribution in [0.4, 0.5) is 13.2 Å². The van der Waals surface area contributed by atoms with Gasteiger partial charge in [-0.3, -0.25) is 0 Å². The summed E-state index contributed by atoms with van der Waals surface area (Å²) in [5, 5.41) is 3.18. The van der Waals surface area contributed by atoms with Crippen molar-refractivity contribution in [2.24, 2.45) is 5.41 Å². The Labute approximate surface area is 213 Å². The molecule has 0 aliphatic heterocycles. The number of hydrogen-bond acceptors (Lipinski definition) is 3. The number of benzene rings is 2. The Morgan fingerprint density at radius 1 is 0.944 bits per heavy atom. The number of pyridine rings is 1. The normalized spacial score (nSPS) is 13.4. The highest BCUT2D eigenvalue weighted by atomic mass is 32.1. The largest absolute Gasteiger partial charge is 0.459 e. The smallest absolute Gasteiger partial charge is 0.394 e. The van der Waals surface area contributed by atoms with Crippen molar-refractivity contribution in [2.45, 2.75) is 66.5 Å². The van der Waals surface area contributed by atoms with Crippen LogP contribution in [0.1, 0.15) is 56.4 Å². The summed E-state index contributed by atoms with van der Waals surface area (Å²) in [4.78, 5) is 5.73. The Bertz CT molecular complexity index is 1630. The Morgan fingerprint density at radius 2 is 1.64 bits per heavy atom. The van der Waals surface area contributed by atoms with Crippen LogP contribution in [0.5, 0.6) is 0 Å². The molecule has 0 radical (unpaired) electrons. The quantitative estimate of drug-likeness (QED) is 0.242. The SMILES string of the molecule is Cc1cc2nc(-c3cc(C(C)(C)C)c4ccccc4c3)c3sc(CC(C)(C)C(F)(F)F)c(C)c3c2o1. The van der Waals surface area contributed by atoms with Gasteiger partial charge in [-0.15, -0.1) is 11.3 Å². The average Bonchev–Trinajstić information content (AvgIpc) is 3.29. The van der Waals surface area contributed by atoms with Crippen LogP contribution in [0.25, 0.3) is 43.2 Å². The Morgan fingerprint density at radius 3 is 2.31 bits per heavy atom. The van der Waals surface area contributed by atoms with E-state index in [4.69, 9.17) is 9.40 Å². The predicted octanol–water partition coefficient (Wildman–Crippen LogP) is 9.91. The van der Waals surface area contributed by atoms with Crippen molar-refractivity contribution in [3.05, 3.63) is 64.2 Å². The van der Waals surface area contributed by atoms with Crippen LogP contribution < -0.4 is 0 Å². The minimum atomic E-state index is -4.30. The molecule has 188 valence electrons. The minimum Gasteiger partial charge on any atom is -0.459 e. The van der Waals surface area contributed by atoms with E-state index in [2.05, 4.69) is 45.0 Å². The number of aryl methyl sites for hydroxylation is 2. The van der Waals surface area contributed by atoms with E-state index in [1.807, 2.05) is 32.0 Å². The molecule has 0 bridgehead atoms. The van der Waals surface area contributed by atoms with Gasteiger partial charge in [0.2, 0.25) is 0 Å². The van der Waals surface area contributed by atoms with E-state index in [9.17, 15) is 13.2 Å². The summed E-state index contributed by atoms with van der Waals surface area (Å²) in [6, 6.07) is 14.5. The van der Waals surface area contributed by atoms with Crippen molar-refractivity contribution >= 4 is 43.3 Å². The lowest BCUT2D eigenvalue weighted by Crippen LogP contribution is -2.34. The topological polar surface area (TPSA) is 26.0 Å². The van der Waals surface area contributed by atoms with Crippen molar-refractivity contribution in [2.75, 3.05) is 0 Å². The summed E-state index contributed by atoms with van der Waals surface area (Å²) >= 11 is 1.41. The molecule has 3 heterocycles. The number of halogens is 3. The zero-order valence-electron chi connectivity index (χ0n) is 21.6. The first-order valence-electron chi connectivity index (χ1n) is 12.1. The zero-order chi connectivity index (χ0) is 26.2. The fourth-order valence-electron chi connectivity index (χ4n) is 4.87. The van der Waals surface area contributed by atoms with E-state index in [-0.39, 0.29) is 11.8 Å². The monoisotopic (exact) mass is 509 g/mol. The van der Waals surface area contributed by atoms with Gasteiger partial charge in [-0.1, -0.05) is 58.9 Å². The lowest BCUT2D eigenvalue weighted by molar-refractivity contribution is -0.210. The summed E-state index contributed by atoms with van der Waals surface area (Å²) in [6.07, 6.45) is -4.39. The van der Waals surface area contributed by atoms with Gasteiger partial charge in [-0.2, -0.15) is 13.2 Å². The minimum absolute atomic E-state index is 0.0900. The number of aromatic nitrogens is 1. The maximum atomic E-state index is 13.8. The van der Waals surface area contributed by atoms with Crippen molar-refractivity contribution in [3.63, 3.8) is 0 Å². The third-order valence-electron chi connectivity index (χ3n) is 7.07. The molecule has 0 N–H and O–H groups in total. The molecule has 0 spiro atoms. The summed E-state index contributed by atoms with van der Waals surface area (Å²) in [5.74, 6) is 0.729. The van der Waals surface area contributed by atoms with Crippen molar-refractivity contribution in [1.82, 2.24) is 4.98 Å². The first-order valence-corrected chi connectivity index (χ1v) is 12.9. The number of furan rings is 1. The third-order valence-corrected chi connectivity index (χ3v) is 8.37. The van der Waals surface area contributed by atoms with E-state index in [1.165, 1.54) is 36.1 Å². The molecule has 36 heavy (non-hydrogen) atoms. The van der Waals surface area contributed by atoms with Crippen molar-refractivity contribution in [3.8, 4) is 11.3 Å². The van der Waals surface area contributed by atoms with Gasteiger partial charge in [0.15, 0.2) is 5.58 Å². The van der Waals surface area contributed by atoms with Crippen molar-refractivity contribution in [1.29, 1.82) is 0 Å². The van der Waals surface area contributed by atoms with Gasteiger partial charge in [0.05, 0.1) is 15.8 Å². The van der Waals surface area contributed by atoms with Gasteiger partial charge in [0.25, 0.3) is 0 Å². The molecule has 5 rings (SSSR count). The molecule has 0 unspecified atom stereocenters. The Kier molecular flexibility index (Phi) is 5.56. The lowest BCUT2D eigenvalue weighted by atomic mass is 9.82. The van der Waals surface area contributed by atoms with E-state index in [0.717, 1.165) is 43.6 Å². The summed E-state index contributed by atoms with van der Waals surface area (Å²) < 4.78 is 48.3. The highest BCUT2D eigenvalue weighted by Gasteiger charge is 2.47. The maximum absolute atomic E-state index is 13.8. The van der Waals surface area contributed by atoms with E-state index < -0.39 is 11.6 Å². The summed E-state index contributed by atoms with van der Waals surface area (Å²) in [6.45, 7) is 12.9. The number of hydrogen-bond donors (Lipinski definition) is 0. The number of rotatable bonds is 3. The molecule has 3 aromatic heterocycles. The molecule has 0 fully saturated rings.